The lowest BCUT2D eigenvalue weighted by atomic mass is 10.1. The van der Waals surface area contributed by atoms with Gasteiger partial charge in [-0.05, 0) is 18.2 Å². The molecular formula is C12H9FN2O. The molecule has 0 saturated carbocycles. The van der Waals surface area contributed by atoms with E-state index in [9.17, 15) is 9.18 Å². The number of Topliss-reactive ketones (excluding diaryl/α,β-unsaturated/α-hetero) is 1. The van der Waals surface area contributed by atoms with E-state index in [-0.39, 0.29) is 17.4 Å². The third-order valence-corrected chi connectivity index (χ3v) is 2.09. The van der Waals surface area contributed by atoms with Crippen LogP contribution in [0, 0.1) is 5.82 Å². The Balaban J connectivity index is 2.48. The van der Waals surface area contributed by atoms with Crippen LogP contribution in [0.25, 0.3) is 11.3 Å². The molecule has 0 aliphatic heterocycles. The van der Waals surface area contributed by atoms with Crippen molar-refractivity contribution in [2.45, 2.75) is 6.92 Å². The Labute approximate surface area is 92.0 Å². The van der Waals surface area contributed by atoms with E-state index in [1.54, 1.807) is 18.2 Å². The molecule has 1 aromatic heterocycles. The molecule has 2 aromatic rings. The minimum atomic E-state index is -0.333. The van der Waals surface area contributed by atoms with Crippen LogP contribution in [-0.4, -0.2) is 15.8 Å². The van der Waals surface area contributed by atoms with Gasteiger partial charge in [-0.2, -0.15) is 0 Å². The summed E-state index contributed by atoms with van der Waals surface area (Å²) in [5, 5.41) is 0. The van der Waals surface area contributed by atoms with E-state index in [2.05, 4.69) is 9.97 Å². The van der Waals surface area contributed by atoms with Crippen LogP contribution < -0.4 is 0 Å². The number of halogens is 1. The molecule has 0 unspecified atom stereocenters. The predicted molar refractivity (Wildman–Crippen MR) is 57.4 cm³/mol. The smallest absolute Gasteiger partial charge is 0.196 e. The SMILES string of the molecule is CC(=O)c1nccc(-c2cccc(F)c2)n1. The Morgan fingerprint density at radius 2 is 2.12 bits per heavy atom. The predicted octanol–water partition coefficient (Wildman–Crippen LogP) is 2.49. The van der Waals surface area contributed by atoms with Gasteiger partial charge >= 0.3 is 0 Å². The highest BCUT2D eigenvalue weighted by Crippen LogP contribution is 2.17. The summed E-state index contributed by atoms with van der Waals surface area (Å²) in [6.07, 6.45) is 1.49. The molecule has 1 heterocycles. The molecular weight excluding hydrogens is 207 g/mol. The summed E-state index contributed by atoms with van der Waals surface area (Å²) >= 11 is 0. The molecule has 2 rings (SSSR count). The van der Waals surface area contributed by atoms with Gasteiger partial charge in [-0.3, -0.25) is 4.79 Å². The summed E-state index contributed by atoms with van der Waals surface area (Å²) in [7, 11) is 0. The fourth-order valence-corrected chi connectivity index (χ4v) is 1.34. The third kappa shape index (κ3) is 2.11. The summed E-state index contributed by atoms with van der Waals surface area (Å²) in [6, 6.07) is 7.69. The van der Waals surface area contributed by atoms with Crippen LogP contribution in [0.4, 0.5) is 4.39 Å². The van der Waals surface area contributed by atoms with Crippen LogP contribution in [0.15, 0.2) is 36.5 Å². The number of benzene rings is 1. The highest BCUT2D eigenvalue weighted by Gasteiger charge is 2.06. The van der Waals surface area contributed by atoms with Crippen LogP contribution in [0.3, 0.4) is 0 Å². The lowest BCUT2D eigenvalue weighted by molar-refractivity contribution is 0.100. The maximum Gasteiger partial charge on any atom is 0.196 e. The Hall–Kier alpha value is -2.10. The normalized spacial score (nSPS) is 10.1. The van der Waals surface area contributed by atoms with Gasteiger partial charge in [0.15, 0.2) is 11.6 Å². The molecule has 16 heavy (non-hydrogen) atoms. The number of ketones is 1. The molecule has 4 heteroatoms. The van der Waals surface area contributed by atoms with Gasteiger partial charge in [0, 0.05) is 18.7 Å². The first-order valence-electron chi connectivity index (χ1n) is 4.77. The van der Waals surface area contributed by atoms with Gasteiger partial charge in [-0.1, -0.05) is 12.1 Å². The van der Waals surface area contributed by atoms with Crippen molar-refractivity contribution in [3.05, 3.63) is 48.2 Å². The molecule has 0 aliphatic carbocycles. The van der Waals surface area contributed by atoms with Crippen LogP contribution >= 0.6 is 0 Å². The van der Waals surface area contributed by atoms with Gasteiger partial charge in [0.1, 0.15) is 5.82 Å². The standard InChI is InChI=1S/C12H9FN2O/c1-8(16)12-14-6-5-11(15-12)9-3-2-4-10(13)7-9/h2-7H,1H3. The molecule has 0 amide bonds. The van der Waals surface area contributed by atoms with E-state index in [0.717, 1.165) is 0 Å². The van der Waals surface area contributed by atoms with Gasteiger partial charge in [0.05, 0.1) is 5.69 Å². The largest absolute Gasteiger partial charge is 0.291 e. The highest BCUT2D eigenvalue weighted by atomic mass is 19.1. The van der Waals surface area contributed by atoms with Crippen LogP contribution in [0.1, 0.15) is 17.5 Å². The average Bonchev–Trinajstić information content (AvgIpc) is 2.29. The van der Waals surface area contributed by atoms with Crippen molar-refractivity contribution in [3.63, 3.8) is 0 Å². The van der Waals surface area contributed by atoms with E-state index in [1.165, 1.54) is 25.3 Å². The molecule has 0 bridgehead atoms. The molecule has 1 aromatic carbocycles. The minimum absolute atomic E-state index is 0.141. The second kappa shape index (κ2) is 4.18. The Morgan fingerprint density at radius 1 is 1.31 bits per heavy atom. The molecule has 0 atom stereocenters. The maximum absolute atomic E-state index is 13.0. The van der Waals surface area contributed by atoms with Crippen molar-refractivity contribution < 1.29 is 9.18 Å². The summed E-state index contributed by atoms with van der Waals surface area (Å²) in [6.45, 7) is 1.39. The summed E-state index contributed by atoms with van der Waals surface area (Å²) < 4.78 is 13.0. The zero-order valence-electron chi connectivity index (χ0n) is 8.64. The number of carbonyl (C=O) groups is 1. The zero-order chi connectivity index (χ0) is 11.5. The molecule has 0 radical (unpaired) electrons. The van der Waals surface area contributed by atoms with E-state index in [0.29, 0.717) is 11.3 Å². The number of hydrogen-bond donors (Lipinski definition) is 0. The zero-order valence-corrected chi connectivity index (χ0v) is 8.64. The Morgan fingerprint density at radius 3 is 2.81 bits per heavy atom. The summed E-state index contributed by atoms with van der Waals surface area (Å²) in [5.41, 5.74) is 1.17. The molecule has 0 spiro atoms. The second-order valence-electron chi connectivity index (χ2n) is 3.33. The topological polar surface area (TPSA) is 42.9 Å². The lowest BCUT2D eigenvalue weighted by Crippen LogP contribution is -2.01. The summed E-state index contributed by atoms with van der Waals surface area (Å²) in [5.74, 6) is -0.402. The monoisotopic (exact) mass is 216 g/mol. The van der Waals surface area contributed by atoms with Crippen molar-refractivity contribution in [1.82, 2.24) is 9.97 Å². The Bertz CT molecular complexity index is 540. The molecule has 0 aliphatic rings. The van der Waals surface area contributed by atoms with Gasteiger partial charge in [-0.25, -0.2) is 14.4 Å². The second-order valence-corrected chi connectivity index (χ2v) is 3.33. The molecule has 80 valence electrons. The maximum atomic E-state index is 13.0. The van der Waals surface area contributed by atoms with Crippen LogP contribution in [0.2, 0.25) is 0 Å². The molecule has 3 nitrogen and oxygen atoms in total. The van der Waals surface area contributed by atoms with Crippen LogP contribution in [-0.2, 0) is 0 Å². The van der Waals surface area contributed by atoms with Gasteiger partial charge in [0.25, 0.3) is 0 Å². The first-order valence-corrected chi connectivity index (χ1v) is 4.77. The minimum Gasteiger partial charge on any atom is -0.291 e. The molecule has 0 N–H and O–H groups in total. The third-order valence-electron chi connectivity index (χ3n) is 2.09. The van der Waals surface area contributed by atoms with E-state index >= 15 is 0 Å². The lowest BCUT2D eigenvalue weighted by Gasteiger charge is -2.01. The number of rotatable bonds is 2. The first kappa shape index (κ1) is 10.4. The first-order chi connectivity index (χ1) is 7.66. The molecule has 0 saturated heterocycles. The van der Waals surface area contributed by atoms with Crippen molar-refractivity contribution in [2.24, 2.45) is 0 Å². The number of nitrogens with zero attached hydrogens (tertiary/aromatic N) is 2. The van der Waals surface area contributed by atoms with E-state index in [4.69, 9.17) is 0 Å². The highest BCUT2D eigenvalue weighted by molar-refractivity contribution is 5.90. The number of aromatic nitrogens is 2. The van der Waals surface area contributed by atoms with Crippen molar-refractivity contribution in [1.29, 1.82) is 0 Å². The fraction of sp³-hybridized carbons (Fsp3) is 0.0833. The fourth-order valence-electron chi connectivity index (χ4n) is 1.34. The average molecular weight is 216 g/mol. The van der Waals surface area contributed by atoms with Gasteiger partial charge in [0.2, 0.25) is 0 Å². The van der Waals surface area contributed by atoms with Crippen molar-refractivity contribution in [2.75, 3.05) is 0 Å². The van der Waals surface area contributed by atoms with Crippen LogP contribution in [0.5, 0.6) is 0 Å². The van der Waals surface area contributed by atoms with Gasteiger partial charge in [-0.15, -0.1) is 0 Å². The quantitative estimate of drug-likeness (QED) is 0.724. The van der Waals surface area contributed by atoms with Crippen molar-refractivity contribution in [3.8, 4) is 11.3 Å². The number of hydrogen-bond acceptors (Lipinski definition) is 3. The molecule has 0 fully saturated rings. The Kier molecular flexibility index (Phi) is 2.72. The van der Waals surface area contributed by atoms with Crippen molar-refractivity contribution >= 4 is 5.78 Å². The van der Waals surface area contributed by atoms with E-state index in [1.807, 2.05) is 0 Å². The number of carbonyl (C=O) groups excluding carboxylic acids is 1. The van der Waals surface area contributed by atoms with E-state index < -0.39 is 0 Å². The van der Waals surface area contributed by atoms with Gasteiger partial charge < -0.3 is 0 Å². The summed E-state index contributed by atoms with van der Waals surface area (Å²) in [4.78, 5) is 19.0.